The predicted molar refractivity (Wildman–Crippen MR) is 119 cm³/mol. The van der Waals surface area contributed by atoms with Crippen LogP contribution in [0, 0.1) is 5.92 Å². The fraction of sp³-hybridized carbons (Fsp3) is 0.826. The van der Waals surface area contributed by atoms with E-state index in [0.717, 1.165) is 32.1 Å². The standard InChI is InChI=1S/C23H43N3O4/c1-8-10-20-15-19(14-17(4)26(20)29)24-21(27)12-9-11-18(13-16(2)3)25-22(28)30-23(5,6)7/h9,11,16-20,29H,8,10,12-15H2,1-7H3,(H,24,27)(H,25,28). The summed E-state index contributed by atoms with van der Waals surface area (Å²) in [5.74, 6) is 0.356. The molecule has 1 rings (SSSR count). The number of nitrogens with zero attached hydrogens (tertiary/aromatic N) is 1. The minimum absolute atomic E-state index is 0.0320. The lowest BCUT2D eigenvalue weighted by molar-refractivity contribution is -0.179. The van der Waals surface area contributed by atoms with E-state index in [1.807, 2.05) is 39.8 Å². The number of nitrogens with one attached hydrogen (secondary N) is 2. The maximum atomic E-state index is 12.4. The van der Waals surface area contributed by atoms with Crippen LogP contribution in [0.4, 0.5) is 4.79 Å². The molecule has 4 atom stereocenters. The van der Waals surface area contributed by atoms with Gasteiger partial charge in [0.1, 0.15) is 5.60 Å². The van der Waals surface area contributed by atoms with Gasteiger partial charge in [-0.05, 0) is 59.3 Å². The molecule has 1 heterocycles. The van der Waals surface area contributed by atoms with Crippen molar-refractivity contribution in [1.29, 1.82) is 0 Å². The second-order valence-electron chi connectivity index (χ2n) is 9.92. The predicted octanol–water partition coefficient (Wildman–Crippen LogP) is 4.40. The van der Waals surface area contributed by atoms with Crippen LogP contribution in [0.2, 0.25) is 0 Å². The SMILES string of the molecule is CCCC1CC(NC(=O)CC=CC(CC(C)C)NC(=O)OC(C)(C)C)CC(C)N1O. The second kappa shape index (κ2) is 12.3. The molecule has 0 spiro atoms. The van der Waals surface area contributed by atoms with E-state index < -0.39 is 11.7 Å². The largest absolute Gasteiger partial charge is 0.444 e. The molecule has 0 aliphatic carbocycles. The number of alkyl carbamates (subject to hydrolysis) is 1. The Morgan fingerprint density at radius 2 is 1.93 bits per heavy atom. The van der Waals surface area contributed by atoms with Gasteiger partial charge >= 0.3 is 6.09 Å². The van der Waals surface area contributed by atoms with Crippen molar-refractivity contribution in [2.75, 3.05) is 0 Å². The Hall–Kier alpha value is -1.60. The zero-order valence-corrected chi connectivity index (χ0v) is 19.9. The van der Waals surface area contributed by atoms with Crippen LogP contribution in [0.5, 0.6) is 0 Å². The Kier molecular flexibility index (Phi) is 10.8. The first kappa shape index (κ1) is 26.4. The highest BCUT2D eigenvalue weighted by atomic mass is 16.6. The van der Waals surface area contributed by atoms with Crippen LogP contribution in [-0.4, -0.2) is 52.0 Å². The zero-order valence-electron chi connectivity index (χ0n) is 19.9. The molecule has 2 amide bonds. The summed E-state index contributed by atoms with van der Waals surface area (Å²) < 4.78 is 5.34. The van der Waals surface area contributed by atoms with Crippen molar-refractivity contribution in [3.8, 4) is 0 Å². The van der Waals surface area contributed by atoms with Gasteiger partial charge in [0, 0.05) is 24.5 Å². The number of ether oxygens (including phenoxy) is 1. The first-order chi connectivity index (χ1) is 13.9. The van der Waals surface area contributed by atoms with Crippen LogP contribution < -0.4 is 10.6 Å². The first-order valence-electron chi connectivity index (χ1n) is 11.3. The van der Waals surface area contributed by atoms with E-state index in [2.05, 4.69) is 31.4 Å². The number of amides is 2. The van der Waals surface area contributed by atoms with Gasteiger partial charge in [0.15, 0.2) is 0 Å². The first-order valence-corrected chi connectivity index (χ1v) is 11.3. The third-order valence-corrected chi connectivity index (χ3v) is 5.09. The minimum Gasteiger partial charge on any atom is -0.444 e. The molecule has 3 N–H and O–H groups in total. The lowest BCUT2D eigenvalue weighted by Gasteiger charge is -2.40. The maximum absolute atomic E-state index is 12.4. The van der Waals surface area contributed by atoms with Crippen LogP contribution >= 0.6 is 0 Å². The molecular formula is C23H43N3O4. The molecule has 1 fully saturated rings. The van der Waals surface area contributed by atoms with Crippen molar-refractivity contribution < 1.29 is 19.5 Å². The molecule has 7 nitrogen and oxygen atoms in total. The molecule has 0 aromatic rings. The topological polar surface area (TPSA) is 90.9 Å². The lowest BCUT2D eigenvalue weighted by Crippen LogP contribution is -2.52. The highest BCUT2D eigenvalue weighted by molar-refractivity contribution is 5.77. The van der Waals surface area contributed by atoms with Gasteiger partial charge in [0.05, 0.1) is 6.04 Å². The van der Waals surface area contributed by atoms with E-state index in [-0.39, 0.29) is 36.5 Å². The summed E-state index contributed by atoms with van der Waals surface area (Å²) in [5.41, 5.74) is -0.549. The molecule has 1 saturated heterocycles. The van der Waals surface area contributed by atoms with Crippen molar-refractivity contribution in [2.45, 2.75) is 117 Å². The number of hydroxylamine groups is 2. The van der Waals surface area contributed by atoms with Gasteiger partial charge in [-0.2, -0.15) is 5.06 Å². The minimum atomic E-state index is -0.549. The highest BCUT2D eigenvalue weighted by Gasteiger charge is 2.32. The third-order valence-electron chi connectivity index (χ3n) is 5.09. The fourth-order valence-corrected chi connectivity index (χ4v) is 3.89. The molecule has 7 heteroatoms. The zero-order chi connectivity index (χ0) is 22.9. The van der Waals surface area contributed by atoms with Gasteiger partial charge in [-0.25, -0.2) is 4.79 Å². The fourth-order valence-electron chi connectivity index (χ4n) is 3.89. The molecule has 0 bridgehead atoms. The maximum Gasteiger partial charge on any atom is 0.408 e. The molecule has 0 aromatic carbocycles. The van der Waals surface area contributed by atoms with E-state index in [0.29, 0.717) is 5.92 Å². The van der Waals surface area contributed by atoms with E-state index in [1.165, 1.54) is 5.06 Å². The van der Waals surface area contributed by atoms with Crippen LogP contribution in [0.25, 0.3) is 0 Å². The molecule has 1 aliphatic rings. The highest BCUT2D eigenvalue weighted by Crippen LogP contribution is 2.24. The number of carbonyl (C=O) groups is 2. The number of carbonyl (C=O) groups excluding carboxylic acids is 2. The molecule has 0 aromatic heterocycles. The average molecular weight is 426 g/mol. The summed E-state index contributed by atoms with van der Waals surface area (Å²) in [6.45, 7) is 13.8. The Balaban J connectivity index is 2.57. The van der Waals surface area contributed by atoms with Gasteiger partial charge in [-0.1, -0.05) is 39.3 Å². The van der Waals surface area contributed by atoms with Gasteiger partial charge in [-0.3, -0.25) is 4.79 Å². The second-order valence-corrected chi connectivity index (χ2v) is 9.92. The molecule has 0 saturated carbocycles. The molecule has 4 unspecified atom stereocenters. The average Bonchev–Trinajstić information content (AvgIpc) is 2.57. The number of piperidine rings is 1. The summed E-state index contributed by atoms with van der Waals surface area (Å²) in [6, 6.07) is 0.0177. The number of hydrogen-bond donors (Lipinski definition) is 3. The lowest BCUT2D eigenvalue weighted by atomic mass is 9.91. The Bertz CT molecular complexity index is 571. The summed E-state index contributed by atoms with van der Waals surface area (Å²) in [6.07, 6.45) is 7.69. The summed E-state index contributed by atoms with van der Waals surface area (Å²) >= 11 is 0. The van der Waals surface area contributed by atoms with Crippen molar-refractivity contribution in [3.63, 3.8) is 0 Å². The molecular weight excluding hydrogens is 382 g/mol. The number of rotatable bonds is 9. The van der Waals surface area contributed by atoms with Crippen molar-refractivity contribution in [2.24, 2.45) is 5.92 Å². The molecule has 0 radical (unpaired) electrons. The quantitative estimate of drug-likeness (QED) is 0.476. The van der Waals surface area contributed by atoms with Crippen molar-refractivity contribution in [3.05, 3.63) is 12.2 Å². The van der Waals surface area contributed by atoms with Crippen molar-refractivity contribution >= 4 is 12.0 Å². The van der Waals surface area contributed by atoms with Crippen LogP contribution in [0.1, 0.15) is 87.0 Å². The molecule has 1 aliphatic heterocycles. The van der Waals surface area contributed by atoms with E-state index >= 15 is 0 Å². The van der Waals surface area contributed by atoms with Gasteiger partial charge in [0.2, 0.25) is 5.91 Å². The number of hydrogen-bond acceptors (Lipinski definition) is 5. The molecule has 30 heavy (non-hydrogen) atoms. The normalized spacial score (nSPS) is 24.1. The molecule has 174 valence electrons. The Morgan fingerprint density at radius 3 is 2.50 bits per heavy atom. The van der Waals surface area contributed by atoms with Crippen LogP contribution in [0.15, 0.2) is 12.2 Å². The Labute approximate surface area is 182 Å². The van der Waals surface area contributed by atoms with E-state index in [4.69, 9.17) is 4.74 Å². The van der Waals surface area contributed by atoms with Gasteiger partial charge in [0.25, 0.3) is 0 Å². The van der Waals surface area contributed by atoms with E-state index in [1.54, 1.807) is 0 Å². The summed E-state index contributed by atoms with van der Waals surface area (Å²) in [7, 11) is 0. The van der Waals surface area contributed by atoms with Crippen molar-refractivity contribution in [1.82, 2.24) is 15.7 Å². The van der Waals surface area contributed by atoms with E-state index in [9.17, 15) is 14.8 Å². The summed E-state index contributed by atoms with van der Waals surface area (Å²) in [4.78, 5) is 24.5. The summed E-state index contributed by atoms with van der Waals surface area (Å²) in [5, 5.41) is 17.6. The third kappa shape index (κ3) is 10.4. The van der Waals surface area contributed by atoms with Gasteiger partial charge < -0.3 is 20.6 Å². The van der Waals surface area contributed by atoms with Gasteiger partial charge in [-0.15, -0.1) is 0 Å². The smallest absolute Gasteiger partial charge is 0.408 e. The van der Waals surface area contributed by atoms with Crippen LogP contribution in [-0.2, 0) is 9.53 Å². The Morgan fingerprint density at radius 1 is 1.27 bits per heavy atom. The monoisotopic (exact) mass is 425 g/mol. The van der Waals surface area contributed by atoms with Crippen LogP contribution in [0.3, 0.4) is 0 Å².